The van der Waals surface area contributed by atoms with E-state index in [1.165, 1.54) is 51.5 Å². The maximum atomic E-state index is 9.57. The summed E-state index contributed by atoms with van der Waals surface area (Å²) >= 11 is 0. The first kappa shape index (κ1) is 17.7. The first-order chi connectivity index (χ1) is 11.2. The Kier molecular flexibility index (Phi) is 6.36. The molecule has 1 spiro atoms. The van der Waals surface area contributed by atoms with Crippen LogP contribution in [0.2, 0.25) is 0 Å². The second-order valence-corrected chi connectivity index (χ2v) is 7.91. The number of rotatable bonds is 7. The van der Waals surface area contributed by atoms with Gasteiger partial charge in [-0.15, -0.1) is 0 Å². The molecule has 2 aliphatic carbocycles. The largest absolute Gasteiger partial charge is 0.393 e. The van der Waals surface area contributed by atoms with E-state index in [1.54, 1.807) is 0 Å². The average molecular weight is 325 g/mol. The van der Waals surface area contributed by atoms with Crippen molar-refractivity contribution in [3.05, 3.63) is 0 Å². The summed E-state index contributed by atoms with van der Waals surface area (Å²) in [5.41, 5.74) is 0.448. The first-order valence-corrected chi connectivity index (χ1v) is 10.00. The molecule has 3 aliphatic rings. The van der Waals surface area contributed by atoms with E-state index in [0.29, 0.717) is 17.6 Å². The number of piperidine rings is 1. The van der Waals surface area contributed by atoms with E-state index in [-0.39, 0.29) is 6.10 Å². The quantitative estimate of drug-likeness (QED) is 0.707. The Hall–Kier alpha value is -0.160. The second kappa shape index (κ2) is 8.28. The minimum atomic E-state index is -0.0546. The molecule has 1 heterocycles. The van der Waals surface area contributed by atoms with Crippen LogP contribution in [0.5, 0.6) is 0 Å². The Bertz CT molecular complexity index is 349. The molecule has 2 saturated carbocycles. The normalized spacial score (nSPS) is 32.1. The fraction of sp³-hybridized carbons (Fsp3) is 1.00. The van der Waals surface area contributed by atoms with Gasteiger partial charge in [-0.25, -0.2) is 0 Å². The molecule has 1 aliphatic heterocycles. The number of ether oxygens (including phenoxy) is 1. The van der Waals surface area contributed by atoms with Crippen molar-refractivity contribution in [3.63, 3.8) is 0 Å². The van der Waals surface area contributed by atoms with E-state index >= 15 is 0 Å². The molecule has 2 N–H and O–H groups in total. The molecule has 4 nitrogen and oxygen atoms in total. The lowest BCUT2D eigenvalue weighted by atomic mass is 9.55. The summed E-state index contributed by atoms with van der Waals surface area (Å²) in [5.74, 6) is 0. The van der Waals surface area contributed by atoms with E-state index in [9.17, 15) is 5.11 Å². The van der Waals surface area contributed by atoms with Crippen LogP contribution in [0.3, 0.4) is 0 Å². The predicted octanol–water partition coefficient (Wildman–Crippen LogP) is 2.55. The standard InChI is InChI=1S/C19H36N2O2/c1-2-23-18-15-17(19(18)9-4-3-5-10-19)20-11-6-12-21-13-7-16(22)8-14-21/h16-18,20,22H,2-15H2,1H3. The molecule has 3 fully saturated rings. The summed E-state index contributed by atoms with van der Waals surface area (Å²) in [7, 11) is 0. The highest BCUT2D eigenvalue weighted by Gasteiger charge is 2.55. The van der Waals surface area contributed by atoms with Crippen LogP contribution in [-0.4, -0.2) is 61.0 Å². The van der Waals surface area contributed by atoms with Gasteiger partial charge >= 0.3 is 0 Å². The number of nitrogens with one attached hydrogen (secondary N) is 1. The van der Waals surface area contributed by atoms with Crippen LogP contribution in [0.1, 0.15) is 64.7 Å². The molecule has 0 aromatic rings. The van der Waals surface area contributed by atoms with Gasteiger partial charge < -0.3 is 20.1 Å². The van der Waals surface area contributed by atoms with Gasteiger partial charge in [0, 0.05) is 31.2 Å². The van der Waals surface area contributed by atoms with Gasteiger partial charge in [0.25, 0.3) is 0 Å². The van der Waals surface area contributed by atoms with Crippen LogP contribution in [0.4, 0.5) is 0 Å². The molecule has 2 unspecified atom stereocenters. The van der Waals surface area contributed by atoms with Crippen molar-refractivity contribution in [2.45, 2.75) is 83.0 Å². The molecule has 3 rings (SSSR count). The summed E-state index contributed by atoms with van der Waals surface area (Å²) < 4.78 is 6.04. The minimum Gasteiger partial charge on any atom is -0.393 e. The van der Waals surface area contributed by atoms with Gasteiger partial charge in [0.15, 0.2) is 0 Å². The van der Waals surface area contributed by atoms with Crippen molar-refractivity contribution in [1.29, 1.82) is 0 Å². The smallest absolute Gasteiger partial charge is 0.0661 e. The molecular weight excluding hydrogens is 288 g/mol. The van der Waals surface area contributed by atoms with Crippen molar-refractivity contribution < 1.29 is 9.84 Å². The fourth-order valence-electron chi connectivity index (χ4n) is 5.07. The molecule has 134 valence electrons. The molecule has 0 bridgehead atoms. The van der Waals surface area contributed by atoms with Gasteiger partial charge in [-0.3, -0.25) is 0 Å². The maximum Gasteiger partial charge on any atom is 0.0661 e. The molecule has 1 saturated heterocycles. The zero-order valence-corrected chi connectivity index (χ0v) is 14.9. The van der Waals surface area contributed by atoms with Gasteiger partial charge in [-0.1, -0.05) is 19.3 Å². The lowest BCUT2D eigenvalue weighted by molar-refractivity contribution is -0.149. The van der Waals surface area contributed by atoms with Crippen LogP contribution in [-0.2, 0) is 4.74 Å². The third kappa shape index (κ3) is 4.09. The minimum absolute atomic E-state index is 0.0546. The zero-order chi connectivity index (χ0) is 16.1. The van der Waals surface area contributed by atoms with Gasteiger partial charge in [0.1, 0.15) is 0 Å². The van der Waals surface area contributed by atoms with E-state index in [0.717, 1.165) is 39.1 Å². The molecule has 0 amide bonds. The predicted molar refractivity (Wildman–Crippen MR) is 93.6 cm³/mol. The highest BCUT2D eigenvalue weighted by atomic mass is 16.5. The SMILES string of the molecule is CCOC1CC(NCCCN2CCC(O)CC2)C12CCCCC2. The van der Waals surface area contributed by atoms with E-state index < -0.39 is 0 Å². The molecule has 0 radical (unpaired) electrons. The molecule has 0 aromatic heterocycles. The van der Waals surface area contributed by atoms with Crippen LogP contribution in [0, 0.1) is 5.41 Å². The fourth-order valence-corrected chi connectivity index (χ4v) is 5.07. The van der Waals surface area contributed by atoms with Crippen molar-refractivity contribution in [2.75, 3.05) is 32.8 Å². The van der Waals surface area contributed by atoms with Crippen molar-refractivity contribution in [1.82, 2.24) is 10.2 Å². The lowest BCUT2D eigenvalue weighted by Gasteiger charge is -2.58. The van der Waals surface area contributed by atoms with E-state index in [4.69, 9.17) is 4.74 Å². The highest BCUT2D eigenvalue weighted by Crippen LogP contribution is 2.53. The lowest BCUT2D eigenvalue weighted by Crippen LogP contribution is -2.64. The monoisotopic (exact) mass is 324 g/mol. The molecule has 4 heteroatoms. The Labute approximate surface area is 142 Å². The van der Waals surface area contributed by atoms with Gasteiger partial charge in [-0.05, 0) is 58.5 Å². The number of nitrogens with zero attached hydrogens (tertiary/aromatic N) is 1. The van der Waals surface area contributed by atoms with Gasteiger partial charge in [0.05, 0.1) is 12.2 Å². The number of likely N-dealkylation sites (tertiary alicyclic amines) is 1. The molecule has 23 heavy (non-hydrogen) atoms. The van der Waals surface area contributed by atoms with Crippen LogP contribution in [0.25, 0.3) is 0 Å². The summed E-state index contributed by atoms with van der Waals surface area (Å²) in [6, 6.07) is 0.683. The van der Waals surface area contributed by atoms with Crippen molar-refractivity contribution in [2.24, 2.45) is 5.41 Å². The first-order valence-electron chi connectivity index (χ1n) is 10.00. The summed E-state index contributed by atoms with van der Waals surface area (Å²) in [4.78, 5) is 2.51. The summed E-state index contributed by atoms with van der Waals surface area (Å²) in [6.07, 6.45) is 11.7. The van der Waals surface area contributed by atoms with Crippen LogP contribution >= 0.6 is 0 Å². The van der Waals surface area contributed by atoms with Gasteiger partial charge in [-0.2, -0.15) is 0 Å². The molecule has 0 aromatic carbocycles. The summed E-state index contributed by atoms with van der Waals surface area (Å²) in [6.45, 7) is 7.44. The second-order valence-electron chi connectivity index (χ2n) is 7.91. The average Bonchev–Trinajstić information content (AvgIpc) is 2.59. The van der Waals surface area contributed by atoms with E-state index in [2.05, 4.69) is 17.1 Å². The summed E-state index contributed by atoms with van der Waals surface area (Å²) in [5, 5.41) is 13.4. The van der Waals surface area contributed by atoms with E-state index in [1.807, 2.05) is 0 Å². The number of hydrogen-bond donors (Lipinski definition) is 2. The Morgan fingerprint density at radius 2 is 1.91 bits per heavy atom. The number of aliphatic hydroxyl groups excluding tert-OH is 1. The van der Waals surface area contributed by atoms with Crippen molar-refractivity contribution in [3.8, 4) is 0 Å². The molecular formula is C19H36N2O2. The number of hydrogen-bond acceptors (Lipinski definition) is 4. The topological polar surface area (TPSA) is 44.7 Å². The Morgan fingerprint density at radius 3 is 2.61 bits per heavy atom. The third-order valence-electron chi connectivity index (χ3n) is 6.54. The Balaban J connectivity index is 1.38. The molecule has 2 atom stereocenters. The Morgan fingerprint density at radius 1 is 1.17 bits per heavy atom. The van der Waals surface area contributed by atoms with Gasteiger partial charge in [0.2, 0.25) is 0 Å². The van der Waals surface area contributed by atoms with Crippen LogP contribution < -0.4 is 5.32 Å². The number of aliphatic hydroxyl groups is 1. The third-order valence-corrected chi connectivity index (χ3v) is 6.54. The zero-order valence-electron chi connectivity index (χ0n) is 14.9. The highest BCUT2D eigenvalue weighted by molar-refractivity contribution is 5.08. The van der Waals surface area contributed by atoms with Crippen LogP contribution in [0.15, 0.2) is 0 Å². The maximum absolute atomic E-state index is 9.57. The van der Waals surface area contributed by atoms with Crippen molar-refractivity contribution >= 4 is 0 Å².